The number of aromatic hydroxyl groups is 3. The molecule has 8 aliphatic heterocycles. The number of benzene rings is 3. The van der Waals surface area contributed by atoms with E-state index < -0.39 is 80.7 Å². The van der Waals surface area contributed by atoms with Gasteiger partial charge in [0.2, 0.25) is 0 Å². The summed E-state index contributed by atoms with van der Waals surface area (Å²) in [6.45, 7) is 2.23. The van der Waals surface area contributed by atoms with Crippen molar-refractivity contribution < 1.29 is 54.3 Å². The second-order valence-electron chi connectivity index (χ2n) is 24.9. The summed E-state index contributed by atoms with van der Waals surface area (Å²) in [5.74, 6) is 1.16. The van der Waals surface area contributed by atoms with Gasteiger partial charge in [-0.2, -0.15) is 0 Å². The van der Waals surface area contributed by atoms with E-state index in [0.29, 0.717) is 95.0 Å². The van der Waals surface area contributed by atoms with Gasteiger partial charge >= 0.3 is 0 Å². The Kier molecular flexibility index (Phi) is 7.01. The number of rotatable bonds is 0. The van der Waals surface area contributed by atoms with Gasteiger partial charge in [-0.15, -0.1) is 0 Å². The van der Waals surface area contributed by atoms with Crippen LogP contribution in [-0.2, 0) is 49.7 Å². The lowest BCUT2D eigenvalue weighted by Crippen LogP contribution is -2.81. The monoisotopic (exact) mass is 942 g/mol. The molecule has 3 aromatic carbocycles. The number of nitrogens with zero attached hydrogens (tertiary/aromatic N) is 4. The van der Waals surface area contributed by atoms with Crippen molar-refractivity contribution in [1.29, 1.82) is 0 Å². The van der Waals surface area contributed by atoms with Gasteiger partial charge in [0.25, 0.3) is 0 Å². The third kappa shape index (κ3) is 3.91. The number of piperidine rings is 3. The third-order valence-electron chi connectivity index (χ3n) is 23.1. The summed E-state index contributed by atoms with van der Waals surface area (Å²) in [7, 11) is 6.34. The fourth-order valence-electron chi connectivity index (χ4n) is 20.3. The van der Waals surface area contributed by atoms with Crippen molar-refractivity contribution in [1.82, 2.24) is 19.6 Å². The normalized spacial score (nSPS) is 51.8. The molecule has 0 radical (unpaired) electrons. The number of likely N-dealkylation sites (tertiary alicyclic amines) is 3. The highest BCUT2D eigenvalue weighted by Crippen LogP contribution is 2.76. The predicted octanol–water partition coefficient (Wildman–Crippen LogP) is 2.77. The highest BCUT2D eigenvalue weighted by molar-refractivity contribution is 5.65. The summed E-state index contributed by atoms with van der Waals surface area (Å²) in [6.07, 6.45) is 3.24. The Hall–Kier alpha value is -3.74. The maximum absolute atomic E-state index is 13.6. The molecule has 5 spiro atoms. The van der Waals surface area contributed by atoms with E-state index in [4.69, 9.17) is 23.7 Å². The van der Waals surface area contributed by atoms with E-state index in [-0.39, 0.29) is 35.4 Å². The van der Waals surface area contributed by atoms with E-state index in [1.54, 1.807) is 18.2 Å². The summed E-state index contributed by atoms with van der Waals surface area (Å²) < 4.78 is 38.8. The predicted molar refractivity (Wildman–Crippen MR) is 244 cm³/mol. The number of likely N-dealkylation sites (N-methyl/N-ethyl adjacent to an activating group) is 3. The van der Waals surface area contributed by atoms with Crippen molar-refractivity contribution in [2.45, 2.75) is 182 Å². The Balaban J connectivity index is 0.887. The zero-order valence-corrected chi connectivity index (χ0v) is 39.5. The van der Waals surface area contributed by atoms with Gasteiger partial charge in [-0.1, -0.05) is 18.2 Å². The molecular formula is C54H62N4O11. The molecule has 3 aromatic rings. The molecule has 3 saturated carbocycles. The SMILES string of the molecule is CN1CCC23CC4(CCC2(O)C1Cc1ccc(O)cc13)OC1N2C4OC3(CCC4(O)C5Cc6ccc(O)c7c6C4(CCN5C)C3O7)C2OC12CCC1(O)C3Cc4ccc(O)c5c4C1(CCN3C)C2O5. The van der Waals surface area contributed by atoms with Gasteiger partial charge in [-0.3, -0.25) is 0 Å². The molecule has 15 nitrogen and oxygen atoms in total. The molecule has 0 aromatic heterocycles. The van der Waals surface area contributed by atoms with Crippen molar-refractivity contribution in [3.05, 3.63) is 75.8 Å². The third-order valence-corrected chi connectivity index (χ3v) is 23.1. The fraction of sp³-hybridized carbons (Fsp3) is 0.667. The molecule has 17 unspecified atom stereocenters. The van der Waals surface area contributed by atoms with Crippen LogP contribution in [0.2, 0.25) is 0 Å². The van der Waals surface area contributed by atoms with Gasteiger partial charge < -0.3 is 69.0 Å². The summed E-state index contributed by atoms with van der Waals surface area (Å²) in [6, 6.07) is 12.7. The van der Waals surface area contributed by atoms with Crippen LogP contribution in [0.25, 0.3) is 0 Å². The van der Waals surface area contributed by atoms with Crippen LogP contribution in [0.5, 0.6) is 28.7 Å². The minimum atomic E-state index is -1.19. The van der Waals surface area contributed by atoms with Crippen LogP contribution in [-0.4, -0.2) is 174 Å². The Morgan fingerprint density at radius 2 is 1.01 bits per heavy atom. The Morgan fingerprint density at radius 3 is 1.61 bits per heavy atom. The molecule has 6 bridgehead atoms. The van der Waals surface area contributed by atoms with Crippen LogP contribution in [0.1, 0.15) is 97.6 Å². The number of aliphatic hydroxyl groups is 3. The van der Waals surface area contributed by atoms with Crippen molar-refractivity contribution >= 4 is 0 Å². The van der Waals surface area contributed by atoms with Crippen LogP contribution >= 0.6 is 0 Å². The zero-order valence-electron chi connectivity index (χ0n) is 39.5. The van der Waals surface area contributed by atoms with Crippen LogP contribution in [0, 0.1) is 0 Å². The Morgan fingerprint density at radius 1 is 0.522 bits per heavy atom. The van der Waals surface area contributed by atoms with E-state index in [0.717, 1.165) is 53.0 Å². The average molecular weight is 943 g/mol. The van der Waals surface area contributed by atoms with Crippen molar-refractivity contribution in [2.24, 2.45) is 0 Å². The minimum absolute atomic E-state index is 0.0570. The first kappa shape index (κ1) is 40.8. The van der Waals surface area contributed by atoms with Gasteiger partial charge in [0.1, 0.15) is 53.4 Å². The first-order valence-electron chi connectivity index (χ1n) is 26.0. The molecule has 14 aliphatic rings. The standard InChI is InChI=1S/C54H62N4O11/c1-55-19-16-46-26-47(10-13-52(46,62)34(55)22-27-4-7-30(59)25-31(27)46)43-58-44(67-47)50(11-14-53(63)35-23-28-5-8-32(60)39-37(28)48(53,41(50)65-39)17-20-56(35)2)69-45(58)51(68-43)12-15-54(64)36-24-29-6-9-33(61)40-38(29)49(54,42(51)66-40)18-21-57(36)3/h4-9,25,34-36,41-45,59-64H,10-24,26H2,1-3H3. The van der Waals surface area contributed by atoms with Crippen molar-refractivity contribution in [2.75, 3.05) is 40.8 Å². The smallest absolute Gasteiger partial charge is 0.165 e. The molecule has 17 rings (SSSR count). The van der Waals surface area contributed by atoms with E-state index in [2.05, 4.69) is 40.7 Å². The number of fused-ring (bicyclic) bond motifs is 6. The number of hydrogen-bond acceptors (Lipinski definition) is 15. The lowest BCUT2D eigenvalue weighted by Gasteiger charge is -2.66. The van der Waals surface area contributed by atoms with Gasteiger partial charge in [-0.25, -0.2) is 4.90 Å². The molecule has 6 saturated heterocycles. The quantitative estimate of drug-likeness (QED) is 0.194. The molecule has 17 atom stereocenters. The first-order chi connectivity index (χ1) is 33.0. The largest absolute Gasteiger partial charge is 0.508 e. The highest BCUT2D eigenvalue weighted by atomic mass is 16.7. The van der Waals surface area contributed by atoms with Crippen LogP contribution in [0.3, 0.4) is 0 Å². The summed E-state index contributed by atoms with van der Waals surface area (Å²) >= 11 is 0. The van der Waals surface area contributed by atoms with Crippen molar-refractivity contribution in [3.8, 4) is 28.7 Å². The molecule has 0 amide bonds. The molecule has 9 fully saturated rings. The van der Waals surface area contributed by atoms with Crippen LogP contribution in [0.4, 0.5) is 0 Å². The van der Waals surface area contributed by atoms with Gasteiger partial charge in [0, 0.05) is 34.7 Å². The van der Waals surface area contributed by atoms with E-state index >= 15 is 0 Å². The van der Waals surface area contributed by atoms with Crippen molar-refractivity contribution in [3.63, 3.8) is 0 Å². The van der Waals surface area contributed by atoms with E-state index in [9.17, 15) is 30.6 Å². The molecule has 6 aliphatic carbocycles. The molecule has 6 N–H and O–H groups in total. The van der Waals surface area contributed by atoms with Gasteiger partial charge in [0.15, 0.2) is 23.0 Å². The van der Waals surface area contributed by atoms with E-state index in [1.165, 1.54) is 0 Å². The summed E-state index contributed by atoms with van der Waals surface area (Å²) in [4.78, 5) is 9.28. The first-order valence-corrected chi connectivity index (χ1v) is 26.0. The Bertz CT molecular complexity index is 2800. The maximum atomic E-state index is 13.6. The highest BCUT2D eigenvalue weighted by Gasteiger charge is 2.89. The molecule has 364 valence electrons. The number of phenolic OH excluding ortho intramolecular Hbond substituents is 3. The van der Waals surface area contributed by atoms with Gasteiger partial charge in [0.05, 0.1) is 27.6 Å². The lowest BCUT2D eigenvalue weighted by molar-refractivity contribution is -0.285. The number of ether oxygens (including phenoxy) is 5. The molecule has 8 heterocycles. The van der Waals surface area contributed by atoms with E-state index in [1.807, 2.05) is 24.3 Å². The molecule has 69 heavy (non-hydrogen) atoms. The van der Waals surface area contributed by atoms with Crippen LogP contribution in [0.15, 0.2) is 42.5 Å². The zero-order chi connectivity index (χ0) is 46.6. The Labute approximate surface area is 400 Å². The topological polar surface area (TPSA) is 180 Å². The molecular weight excluding hydrogens is 881 g/mol. The average Bonchev–Trinajstić information content (AvgIpc) is 4.11. The van der Waals surface area contributed by atoms with Gasteiger partial charge in [-0.05, 0) is 171 Å². The second-order valence-corrected chi connectivity index (χ2v) is 24.9. The summed E-state index contributed by atoms with van der Waals surface area (Å²) in [5.41, 5.74) is -3.37. The minimum Gasteiger partial charge on any atom is -0.508 e. The number of hydrogen-bond donors (Lipinski definition) is 6. The fourth-order valence-corrected chi connectivity index (χ4v) is 20.3. The van der Waals surface area contributed by atoms with Crippen LogP contribution < -0.4 is 9.47 Å². The molecule has 15 heteroatoms. The second kappa shape index (κ2) is 11.9. The summed E-state index contributed by atoms with van der Waals surface area (Å²) in [5, 5.41) is 75.3. The maximum Gasteiger partial charge on any atom is 0.165 e. The lowest BCUT2D eigenvalue weighted by atomic mass is 9.46. The number of phenols is 3.